The van der Waals surface area contributed by atoms with Gasteiger partial charge in [0.25, 0.3) is 0 Å². The van der Waals surface area contributed by atoms with E-state index in [9.17, 15) is 0 Å². The number of fused-ring (bicyclic) bond motifs is 2. The van der Waals surface area contributed by atoms with Gasteiger partial charge >= 0.3 is 0 Å². The molecule has 4 aliphatic carbocycles. The fourth-order valence-electron chi connectivity index (χ4n) is 6.83. The maximum atomic E-state index is 2.78. The molecule has 0 spiro atoms. The molecular weight excluding hydrogens is 276 g/mol. The van der Waals surface area contributed by atoms with Crippen molar-refractivity contribution < 1.29 is 0 Å². The molecule has 0 bridgehead atoms. The lowest BCUT2D eigenvalue weighted by Gasteiger charge is -2.50. The van der Waals surface area contributed by atoms with Gasteiger partial charge in [0.15, 0.2) is 0 Å². The second-order valence-electron chi connectivity index (χ2n) is 9.63. The minimum absolute atomic E-state index is 0.914. The van der Waals surface area contributed by atoms with Gasteiger partial charge in [-0.2, -0.15) is 0 Å². The largest absolute Gasteiger partial charge is 0.0851 e. The summed E-state index contributed by atoms with van der Waals surface area (Å²) in [5.74, 6) is 7.15. The zero-order valence-corrected chi connectivity index (χ0v) is 15.4. The average molecular weight is 315 g/mol. The lowest BCUT2D eigenvalue weighted by Crippen LogP contribution is -2.42. The zero-order chi connectivity index (χ0) is 15.6. The van der Waals surface area contributed by atoms with Crippen molar-refractivity contribution in [2.75, 3.05) is 0 Å². The predicted octanol–water partition coefficient (Wildman–Crippen LogP) is 7.00. The summed E-state index contributed by atoms with van der Waals surface area (Å²) in [5, 5.41) is 0. The highest BCUT2D eigenvalue weighted by molar-refractivity contribution is 5.05. The maximum absolute atomic E-state index is 2.78. The number of hydrogen-bond donors (Lipinski definition) is 0. The van der Waals surface area contributed by atoms with Gasteiger partial charge in [0, 0.05) is 0 Å². The third kappa shape index (κ3) is 3.57. The van der Waals surface area contributed by atoms with Gasteiger partial charge in [-0.1, -0.05) is 70.4 Å². The zero-order valence-electron chi connectivity index (χ0n) is 15.4. The summed E-state index contributed by atoms with van der Waals surface area (Å²) < 4.78 is 0. The van der Waals surface area contributed by atoms with E-state index >= 15 is 0 Å². The third-order valence-electron chi connectivity index (χ3n) is 8.20. The van der Waals surface area contributed by atoms with Crippen molar-refractivity contribution in [3.63, 3.8) is 0 Å². The van der Waals surface area contributed by atoms with Crippen LogP contribution in [0, 0.1) is 41.4 Å². The third-order valence-corrected chi connectivity index (χ3v) is 8.20. The van der Waals surface area contributed by atoms with Crippen LogP contribution in [0.5, 0.6) is 0 Å². The Balaban J connectivity index is 1.48. The topological polar surface area (TPSA) is 0 Å². The van der Waals surface area contributed by atoms with Gasteiger partial charge in [-0.3, -0.25) is 0 Å². The van der Waals surface area contributed by atoms with Gasteiger partial charge in [-0.15, -0.1) is 0 Å². The average Bonchev–Trinajstić information content (AvgIpc) is 2.60. The first-order valence-corrected chi connectivity index (χ1v) is 11.0. The minimum Gasteiger partial charge on any atom is -0.0851 e. The number of rotatable bonds is 2. The summed E-state index contributed by atoms with van der Waals surface area (Å²) in [4.78, 5) is 0. The van der Waals surface area contributed by atoms with Crippen LogP contribution in [0.4, 0.5) is 0 Å². The van der Waals surface area contributed by atoms with Gasteiger partial charge in [0.2, 0.25) is 0 Å². The van der Waals surface area contributed by atoms with Crippen LogP contribution in [0.3, 0.4) is 0 Å². The fraction of sp³-hybridized carbons (Fsp3) is 0.913. The van der Waals surface area contributed by atoms with Crippen molar-refractivity contribution in [3.8, 4) is 0 Å². The Kier molecular flexibility index (Phi) is 5.16. The Morgan fingerprint density at radius 1 is 0.609 bits per heavy atom. The molecule has 0 aromatic carbocycles. The van der Waals surface area contributed by atoms with E-state index in [1.54, 1.807) is 32.1 Å². The highest BCUT2D eigenvalue weighted by Crippen LogP contribution is 2.53. The van der Waals surface area contributed by atoms with E-state index in [1.165, 1.54) is 51.4 Å². The van der Waals surface area contributed by atoms with Crippen molar-refractivity contribution in [1.82, 2.24) is 0 Å². The second kappa shape index (κ2) is 7.32. The molecule has 0 aromatic rings. The van der Waals surface area contributed by atoms with Crippen LogP contribution < -0.4 is 0 Å². The van der Waals surface area contributed by atoms with Crippen LogP contribution in [-0.2, 0) is 0 Å². The molecule has 0 radical (unpaired) electrons. The molecular formula is C23H38. The van der Waals surface area contributed by atoms with Crippen LogP contribution in [0.25, 0.3) is 0 Å². The molecule has 0 amide bonds. The van der Waals surface area contributed by atoms with Crippen LogP contribution in [0.15, 0.2) is 12.2 Å². The standard InChI is InChI=1S/C23H38/c1-17-10-12-18(13-11-17)14-15-23-21-8-4-2-6-19(21)16-20-7-3-5-9-22(20)23/h14-15,17-23H,2-13,16H2,1H3/b15-14+. The van der Waals surface area contributed by atoms with E-state index in [4.69, 9.17) is 0 Å². The summed E-state index contributed by atoms with van der Waals surface area (Å²) in [7, 11) is 0. The number of hydrogen-bond acceptors (Lipinski definition) is 0. The first kappa shape index (κ1) is 16.2. The molecule has 130 valence electrons. The van der Waals surface area contributed by atoms with E-state index in [0.29, 0.717) is 0 Å². The van der Waals surface area contributed by atoms with Crippen LogP contribution in [0.1, 0.15) is 90.4 Å². The molecule has 0 aromatic heterocycles. The van der Waals surface area contributed by atoms with E-state index in [-0.39, 0.29) is 0 Å². The molecule has 4 rings (SSSR count). The van der Waals surface area contributed by atoms with Crippen LogP contribution >= 0.6 is 0 Å². The monoisotopic (exact) mass is 314 g/mol. The summed E-state index contributed by atoms with van der Waals surface area (Å²) in [6.45, 7) is 2.44. The molecule has 4 saturated carbocycles. The molecule has 4 fully saturated rings. The first-order chi connectivity index (χ1) is 11.3. The highest BCUT2D eigenvalue weighted by Gasteiger charge is 2.44. The summed E-state index contributed by atoms with van der Waals surface area (Å²) in [5.41, 5.74) is 0. The van der Waals surface area contributed by atoms with E-state index < -0.39 is 0 Å². The Hall–Kier alpha value is -0.260. The van der Waals surface area contributed by atoms with Crippen molar-refractivity contribution in [1.29, 1.82) is 0 Å². The molecule has 4 unspecified atom stereocenters. The molecule has 4 atom stereocenters. The second-order valence-corrected chi connectivity index (χ2v) is 9.63. The summed E-state index contributed by atoms with van der Waals surface area (Å²) in [6.07, 6.45) is 25.2. The SMILES string of the molecule is CC1CCC(/C=C/C2C3CCCCC3CC3CCCCC32)CC1. The number of allylic oxidation sites excluding steroid dienone is 2. The molecule has 0 heterocycles. The summed E-state index contributed by atoms with van der Waals surface area (Å²) in [6, 6.07) is 0. The quantitative estimate of drug-likeness (QED) is 0.481. The first-order valence-electron chi connectivity index (χ1n) is 11.0. The van der Waals surface area contributed by atoms with Gasteiger partial charge in [0.05, 0.1) is 0 Å². The maximum Gasteiger partial charge on any atom is -0.0171 e. The van der Waals surface area contributed by atoms with E-state index in [2.05, 4.69) is 19.1 Å². The predicted molar refractivity (Wildman–Crippen MR) is 99.3 cm³/mol. The van der Waals surface area contributed by atoms with Crippen molar-refractivity contribution >= 4 is 0 Å². The van der Waals surface area contributed by atoms with E-state index in [1.807, 2.05) is 0 Å². The molecule has 0 aliphatic heterocycles. The van der Waals surface area contributed by atoms with Gasteiger partial charge in [-0.05, 0) is 73.5 Å². The lowest BCUT2D eigenvalue weighted by atomic mass is 9.55. The fourth-order valence-corrected chi connectivity index (χ4v) is 6.83. The Morgan fingerprint density at radius 3 is 1.78 bits per heavy atom. The smallest absolute Gasteiger partial charge is 0.0171 e. The minimum atomic E-state index is 0.914. The Morgan fingerprint density at radius 2 is 1.17 bits per heavy atom. The van der Waals surface area contributed by atoms with Crippen molar-refractivity contribution in [3.05, 3.63) is 12.2 Å². The van der Waals surface area contributed by atoms with E-state index in [0.717, 1.165) is 41.4 Å². The molecule has 23 heavy (non-hydrogen) atoms. The molecule has 0 N–H and O–H groups in total. The molecule has 0 saturated heterocycles. The molecule has 4 aliphatic rings. The van der Waals surface area contributed by atoms with Crippen molar-refractivity contribution in [2.45, 2.75) is 90.4 Å². The van der Waals surface area contributed by atoms with Gasteiger partial charge in [0.1, 0.15) is 0 Å². The van der Waals surface area contributed by atoms with Gasteiger partial charge in [-0.25, -0.2) is 0 Å². The lowest BCUT2D eigenvalue weighted by molar-refractivity contribution is 0.0113. The normalized spacial score (nSPS) is 48.0. The highest BCUT2D eigenvalue weighted by atomic mass is 14.5. The molecule has 0 heteroatoms. The Labute approximate surface area is 144 Å². The Bertz CT molecular complexity index is 378. The van der Waals surface area contributed by atoms with Crippen molar-refractivity contribution in [2.24, 2.45) is 41.4 Å². The summed E-state index contributed by atoms with van der Waals surface area (Å²) >= 11 is 0. The molecule has 0 nitrogen and oxygen atoms in total. The van der Waals surface area contributed by atoms with Crippen LogP contribution in [-0.4, -0.2) is 0 Å². The van der Waals surface area contributed by atoms with Crippen LogP contribution in [0.2, 0.25) is 0 Å². The van der Waals surface area contributed by atoms with Gasteiger partial charge < -0.3 is 0 Å².